The molecule has 1 unspecified atom stereocenters. The number of aromatic nitrogens is 1. The topological polar surface area (TPSA) is 42.0 Å². The van der Waals surface area contributed by atoms with E-state index in [0.717, 1.165) is 48.7 Å². The van der Waals surface area contributed by atoms with Crippen LogP contribution in [0.1, 0.15) is 72.1 Å². The third-order valence-corrected chi connectivity index (χ3v) is 5.28. The minimum Gasteiger partial charge on any atom is -0.324 e. The van der Waals surface area contributed by atoms with Crippen LogP contribution < -0.4 is 5.32 Å². The highest BCUT2D eigenvalue weighted by Gasteiger charge is 2.35. The maximum Gasteiger partial charge on any atom is 0.230 e. The summed E-state index contributed by atoms with van der Waals surface area (Å²) < 4.78 is 0. The van der Waals surface area contributed by atoms with Crippen LogP contribution in [0.3, 0.4) is 0 Å². The Kier molecular flexibility index (Phi) is 7.42. The lowest BCUT2D eigenvalue weighted by molar-refractivity contribution is -0.126. The molecule has 0 aliphatic carbocycles. The quantitative estimate of drug-likeness (QED) is 0.513. The fraction of sp³-hybridized carbons (Fsp3) is 0.545. The number of fused-ring (bicyclic) bond motifs is 1. The number of unbranched alkanes of at least 4 members (excludes halogenated alkanes) is 3. The van der Waals surface area contributed by atoms with Crippen LogP contribution in [0.2, 0.25) is 0 Å². The molecular formula is C22H32N2O. The van der Waals surface area contributed by atoms with Gasteiger partial charge in [-0.1, -0.05) is 71.1 Å². The van der Waals surface area contributed by atoms with Crippen LogP contribution in [0, 0.1) is 5.41 Å². The van der Waals surface area contributed by atoms with E-state index in [2.05, 4.69) is 31.1 Å². The lowest BCUT2D eigenvalue weighted by Gasteiger charge is -2.31. The Labute approximate surface area is 152 Å². The van der Waals surface area contributed by atoms with Gasteiger partial charge in [-0.25, -0.2) is 0 Å². The summed E-state index contributed by atoms with van der Waals surface area (Å²) in [5.41, 5.74) is 1.43. The van der Waals surface area contributed by atoms with Crippen molar-refractivity contribution in [2.45, 2.75) is 72.1 Å². The first-order valence-electron chi connectivity index (χ1n) is 9.82. The van der Waals surface area contributed by atoms with Crippen molar-refractivity contribution in [3.8, 4) is 0 Å². The van der Waals surface area contributed by atoms with Gasteiger partial charge in [0.05, 0.1) is 11.2 Å². The number of benzene rings is 1. The number of carbonyl (C=O) groups excluding carboxylic acids is 1. The summed E-state index contributed by atoms with van der Waals surface area (Å²) >= 11 is 0. The molecule has 0 aliphatic rings. The van der Waals surface area contributed by atoms with E-state index in [1.165, 1.54) is 19.3 Å². The summed E-state index contributed by atoms with van der Waals surface area (Å²) in [4.78, 5) is 17.7. The van der Waals surface area contributed by atoms with Crippen molar-refractivity contribution in [3.05, 3.63) is 36.5 Å². The number of amides is 1. The maximum atomic E-state index is 13.2. The van der Waals surface area contributed by atoms with Gasteiger partial charge in [0.2, 0.25) is 5.91 Å². The first kappa shape index (κ1) is 19.4. The molecule has 25 heavy (non-hydrogen) atoms. The van der Waals surface area contributed by atoms with Crippen LogP contribution in [0.5, 0.6) is 0 Å². The summed E-state index contributed by atoms with van der Waals surface area (Å²) in [5, 5.41) is 4.26. The fourth-order valence-electron chi connectivity index (χ4n) is 3.69. The molecule has 0 radical (unpaired) electrons. The molecule has 0 aliphatic heterocycles. The van der Waals surface area contributed by atoms with E-state index in [4.69, 9.17) is 0 Å². The molecule has 2 rings (SSSR count). The van der Waals surface area contributed by atoms with E-state index >= 15 is 0 Å². The molecule has 0 bridgehead atoms. The number of rotatable bonds is 10. The van der Waals surface area contributed by atoms with Crippen molar-refractivity contribution in [1.82, 2.24) is 4.98 Å². The van der Waals surface area contributed by atoms with Crippen LogP contribution >= 0.6 is 0 Å². The van der Waals surface area contributed by atoms with E-state index < -0.39 is 0 Å². The second-order valence-corrected chi connectivity index (χ2v) is 7.03. The molecule has 2 aromatic rings. The van der Waals surface area contributed by atoms with Crippen molar-refractivity contribution in [2.75, 3.05) is 5.32 Å². The van der Waals surface area contributed by atoms with Crippen LogP contribution in [0.15, 0.2) is 36.5 Å². The fourth-order valence-corrected chi connectivity index (χ4v) is 3.69. The van der Waals surface area contributed by atoms with Crippen LogP contribution in [-0.2, 0) is 4.79 Å². The van der Waals surface area contributed by atoms with Crippen LogP contribution in [-0.4, -0.2) is 10.9 Å². The normalized spacial score (nSPS) is 13.6. The summed E-state index contributed by atoms with van der Waals surface area (Å²) in [6.07, 6.45) is 10.4. The first-order chi connectivity index (χ1) is 12.2. The number of anilines is 1. The van der Waals surface area contributed by atoms with E-state index in [0.29, 0.717) is 0 Å². The molecule has 3 nitrogen and oxygen atoms in total. The molecule has 1 atom stereocenters. The number of carbonyl (C=O) groups is 1. The number of pyridine rings is 1. The van der Waals surface area contributed by atoms with Gasteiger partial charge in [-0.15, -0.1) is 0 Å². The molecule has 0 saturated heterocycles. The highest BCUT2D eigenvalue weighted by Crippen LogP contribution is 2.36. The van der Waals surface area contributed by atoms with Crippen LogP contribution in [0.4, 0.5) is 5.69 Å². The summed E-state index contributed by atoms with van der Waals surface area (Å²) in [5.74, 6) is 0.159. The lowest BCUT2D eigenvalue weighted by Crippen LogP contribution is -2.36. The first-order valence-corrected chi connectivity index (χ1v) is 9.82. The van der Waals surface area contributed by atoms with Gasteiger partial charge in [0.25, 0.3) is 0 Å². The van der Waals surface area contributed by atoms with E-state index in [9.17, 15) is 4.79 Å². The van der Waals surface area contributed by atoms with Crippen molar-refractivity contribution >= 4 is 22.5 Å². The SMILES string of the molecule is CCCCCCC(CC)(CCC)C(=O)Nc1cccc2cccnc12. The van der Waals surface area contributed by atoms with E-state index in [-0.39, 0.29) is 11.3 Å². The average Bonchev–Trinajstić information content (AvgIpc) is 2.64. The zero-order valence-electron chi connectivity index (χ0n) is 16.0. The van der Waals surface area contributed by atoms with Gasteiger partial charge < -0.3 is 5.32 Å². The van der Waals surface area contributed by atoms with Crippen molar-refractivity contribution in [2.24, 2.45) is 5.41 Å². The molecule has 1 aromatic carbocycles. The molecule has 0 fully saturated rings. The largest absolute Gasteiger partial charge is 0.324 e. The maximum absolute atomic E-state index is 13.2. The third-order valence-electron chi connectivity index (χ3n) is 5.28. The zero-order valence-corrected chi connectivity index (χ0v) is 16.0. The Morgan fingerprint density at radius 1 is 1.00 bits per heavy atom. The van der Waals surface area contributed by atoms with Gasteiger partial charge in [-0.2, -0.15) is 0 Å². The smallest absolute Gasteiger partial charge is 0.230 e. The van der Waals surface area contributed by atoms with E-state index in [1.54, 1.807) is 6.20 Å². The summed E-state index contributed by atoms with van der Waals surface area (Å²) in [6.45, 7) is 6.54. The second-order valence-electron chi connectivity index (χ2n) is 7.03. The van der Waals surface area contributed by atoms with Gasteiger partial charge in [0.15, 0.2) is 0 Å². The minimum atomic E-state index is -0.264. The Morgan fingerprint density at radius 2 is 1.80 bits per heavy atom. The van der Waals surface area contributed by atoms with Crippen LogP contribution in [0.25, 0.3) is 10.9 Å². The van der Waals surface area contributed by atoms with Crippen molar-refractivity contribution in [1.29, 1.82) is 0 Å². The average molecular weight is 341 g/mol. The highest BCUT2D eigenvalue weighted by molar-refractivity contribution is 6.02. The van der Waals surface area contributed by atoms with Crippen molar-refractivity contribution in [3.63, 3.8) is 0 Å². The number of nitrogens with zero attached hydrogens (tertiary/aromatic N) is 1. The van der Waals surface area contributed by atoms with Gasteiger partial charge in [0.1, 0.15) is 0 Å². The molecule has 136 valence electrons. The molecule has 1 aromatic heterocycles. The molecule has 1 heterocycles. The lowest BCUT2D eigenvalue weighted by atomic mass is 9.75. The monoisotopic (exact) mass is 340 g/mol. The van der Waals surface area contributed by atoms with Crippen molar-refractivity contribution < 1.29 is 4.79 Å². The molecule has 0 spiro atoms. The Balaban J connectivity index is 2.20. The number of hydrogen-bond donors (Lipinski definition) is 1. The Morgan fingerprint density at radius 3 is 2.52 bits per heavy atom. The predicted molar refractivity (Wildman–Crippen MR) is 107 cm³/mol. The van der Waals surface area contributed by atoms with Gasteiger partial charge in [-0.3, -0.25) is 9.78 Å². The number of para-hydroxylation sites is 1. The van der Waals surface area contributed by atoms with Gasteiger partial charge in [0, 0.05) is 17.0 Å². The molecule has 1 amide bonds. The second kappa shape index (κ2) is 9.55. The zero-order chi connectivity index (χ0) is 18.1. The molecule has 0 saturated carbocycles. The predicted octanol–water partition coefficient (Wildman–Crippen LogP) is 6.34. The minimum absolute atomic E-state index is 0.159. The third kappa shape index (κ3) is 4.81. The molecule has 1 N–H and O–H groups in total. The van der Waals surface area contributed by atoms with Gasteiger partial charge >= 0.3 is 0 Å². The number of nitrogens with one attached hydrogen (secondary N) is 1. The molecule has 3 heteroatoms. The summed E-state index contributed by atoms with van der Waals surface area (Å²) in [6, 6.07) is 9.92. The molecular weight excluding hydrogens is 308 g/mol. The highest BCUT2D eigenvalue weighted by atomic mass is 16.2. The summed E-state index contributed by atoms with van der Waals surface area (Å²) in [7, 11) is 0. The van der Waals surface area contributed by atoms with E-state index in [1.807, 2.05) is 30.3 Å². The Hall–Kier alpha value is -1.90. The number of hydrogen-bond acceptors (Lipinski definition) is 2. The Bertz CT molecular complexity index is 677. The standard InChI is InChI=1S/C22H32N2O/c1-4-7-8-9-16-22(6-3,15-5-2)21(25)24-19-14-10-12-18-13-11-17-23-20(18)19/h10-14,17H,4-9,15-16H2,1-3H3,(H,24,25). The van der Waals surface area contributed by atoms with Gasteiger partial charge in [-0.05, 0) is 31.4 Å².